The first-order chi connectivity index (χ1) is 14.2. The number of aryl methyl sites for hydroxylation is 2. The number of ether oxygens (including phenoxy) is 2. The summed E-state index contributed by atoms with van der Waals surface area (Å²) in [4.78, 5) is 23.5. The quantitative estimate of drug-likeness (QED) is 0.723. The van der Waals surface area contributed by atoms with Gasteiger partial charge in [-0.2, -0.15) is 0 Å². The summed E-state index contributed by atoms with van der Waals surface area (Å²) in [5.74, 6) is 2.44. The van der Waals surface area contributed by atoms with Crippen molar-refractivity contribution in [2.75, 3.05) is 26.4 Å². The molecular weight excluding hydrogens is 366 g/mol. The van der Waals surface area contributed by atoms with Crippen LogP contribution in [0.1, 0.15) is 59.4 Å². The summed E-state index contributed by atoms with van der Waals surface area (Å²) in [5, 5.41) is 0. The Bertz CT molecular complexity index is 899. The molecule has 3 fully saturated rings. The van der Waals surface area contributed by atoms with Crippen LogP contribution in [-0.4, -0.2) is 52.7 Å². The minimum absolute atomic E-state index is 0.0181. The van der Waals surface area contributed by atoms with E-state index in [2.05, 4.69) is 28.2 Å². The fourth-order valence-electron chi connectivity index (χ4n) is 4.23. The maximum absolute atomic E-state index is 12.7. The van der Waals surface area contributed by atoms with Gasteiger partial charge in [0.1, 0.15) is 11.6 Å². The van der Waals surface area contributed by atoms with Crippen molar-refractivity contribution in [1.29, 1.82) is 0 Å². The average Bonchev–Trinajstić information content (AvgIpc) is 3.50. The molecular formula is C23H27N3O3. The van der Waals surface area contributed by atoms with Gasteiger partial charge in [-0.3, -0.25) is 4.79 Å². The van der Waals surface area contributed by atoms with E-state index in [0.717, 1.165) is 37.4 Å². The molecule has 29 heavy (non-hydrogen) atoms. The van der Waals surface area contributed by atoms with Gasteiger partial charge >= 0.3 is 0 Å². The molecule has 0 radical (unpaired) electrons. The number of hydrogen-bond donors (Lipinski definition) is 0. The lowest BCUT2D eigenvalue weighted by Crippen LogP contribution is -2.72. The van der Waals surface area contributed by atoms with Crippen LogP contribution in [0.5, 0.6) is 5.75 Å². The van der Waals surface area contributed by atoms with Gasteiger partial charge in [-0.1, -0.05) is 6.07 Å². The molecule has 3 aliphatic rings. The van der Waals surface area contributed by atoms with Gasteiger partial charge < -0.3 is 14.4 Å². The largest absolute Gasteiger partial charge is 0.494 e. The average molecular weight is 393 g/mol. The number of nitrogens with zero attached hydrogens (tertiary/aromatic N) is 3. The summed E-state index contributed by atoms with van der Waals surface area (Å²) in [6, 6.07) is 6.59. The van der Waals surface area contributed by atoms with Gasteiger partial charge in [-0.05, 0) is 61.8 Å². The number of carbonyl (C=O) groups is 1. The normalized spacial score (nSPS) is 19.6. The van der Waals surface area contributed by atoms with Crippen molar-refractivity contribution in [2.24, 2.45) is 0 Å². The molecule has 0 unspecified atom stereocenters. The first-order valence-electron chi connectivity index (χ1n) is 10.6. The lowest BCUT2D eigenvalue weighted by Gasteiger charge is -2.57. The SMILES string of the molecule is CCOc1cc(CCc2ncc(C(=O)N3CCC34COC4)cn2)cc(C2CC2)c1. The third-order valence-electron chi connectivity index (χ3n) is 6.30. The summed E-state index contributed by atoms with van der Waals surface area (Å²) in [6.07, 6.45) is 8.53. The molecule has 6 heteroatoms. The summed E-state index contributed by atoms with van der Waals surface area (Å²) in [6.45, 7) is 4.79. The topological polar surface area (TPSA) is 64.5 Å². The van der Waals surface area contributed by atoms with E-state index in [1.807, 2.05) is 11.8 Å². The van der Waals surface area contributed by atoms with E-state index in [0.29, 0.717) is 31.3 Å². The highest BCUT2D eigenvalue weighted by molar-refractivity contribution is 5.94. The molecule has 1 aliphatic carbocycles. The molecule has 152 valence electrons. The molecule has 1 saturated carbocycles. The Balaban J connectivity index is 1.23. The molecule has 0 bridgehead atoms. The van der Waals surface area contributed by atoms with Crippen molar-refractivity contribution in [1.82, 2.24) is 14.9 Å². The van der Waals surface area contributed by atoms with E-state index >= 15 is 0 Å². The number of aromatic nitrogens is 2. The first-order valence-corrected chi connectivity index (χ1v) is 10.6. The van der Waals surface area contributed by atoms with E-state index in [9.17, 15) is 4.79 Å². The highest BCUT2D eigenvalue weighted by Crippen LogP contribution is 2.41. The van der Waals surface area contributed by atoms with Crippen molar-refractivity contribution < 1.29 is 14.3 Å². The smallest absolute Gasteiger partial charge is 0.257 e. The maximum atomic E-state index is 12.7. The molecule has 1 amide bonds. The number of rotatable bonds is 7. The number of benzene rings is 1. The minimum Gasteiger partial charge on any atom is -0.494 e. The number of hydrogen-bond acceptors (Lipinski definition) is 5. The van der Waals surface area contributed by atoms with Gasteiger partial charge in [0, 0.05) is 25.4 Å². The predicted molar refractivity (Wildman–Crippen MR) is 108 cm³/mol. The van der Waals surface area contributed by atoms with E-state index < -0.39 is 0 Å². The predicted octanol–water partition coefficient (Wildman–Crippen LogP) is 3.15. The van der Waals surface area contributed by atoms with Crippen LogP contribution in [0.2, 0.25) is 0 Å². The first kappa shape index (κ1) is 18.6. The number of amides is 1. The lowest BCUT2D eigenvalue weighted by atomic mass is 9.82. The van der Waals surface area contributed by atoms with Crippen LogP contribution < -0.4 is 4.74 Å². The monoisotopic (exact) mass is 393 g/mol. The summed E-state index contributed by atoms with van der Waals surface area (Å²) < 4.78 is 11.1. The molecule has 5 rings (SSSR count). The van der Waals surface area contributed by atoms with Crippen molar-refractivity contribution >= 4 is 5.91 Å². The van der Waals surface area contributed by atoms with E-state index in [-0.39, 0.29) is 11.4 Å². The molecule has 0 N–H and O–H groups in total. The van der Waals surface area contributed by atoms with Crippen molar-refractivity contribution in [3.05, 3.63) is 53.1 Å². The zero-order valence-corrected chi connectivity index (χ0v) is 16.9. The van der Waals surface area contributed by atoms with Crippen molar-refractivity contribution in [2.45, 2.75) is 50.5 Å². The van der Waals surface area contributed by atoms with Crippen LogP contribution in [0.25, 0.3) is 0 Å². The fraction of sp³-hybridized carbons (Fsp3) is 0.522. The van der Waals surface area contributed by atoms with Gasteiger partial charge in [-0.15, -0.1) is 0 Å². The Hall–Kier alpha value is -2.47. The van der Waals surface area contributed by atoms with Crippen LogP contribution >= 0.6 is 0 Å². The maximum Gasteiger partial charge on any atom is 0.257 e. The second kappa shape index (κ2) is 7.41. The molecule has 0 atom stereocenters. The number of carbonyl (C=O) groups excluding carboxylic acids is 1. The van der Waals surface area contributed by atoms with Gasteiger partial charge in [0.15, 0.2) is 0 Å². The molecule has 6 nitrogen and oxygen atoms in total. The second-order valence-corrected chi connectivity index (χ2v) is 8.43. The second-order valence-electron chi connectivity index (χ2n) is 8.43. The Morgan fingerprint density at radius 3 is 2.59 bits per heavy atom. The van der Waals surface area contributed by atoms with Crippen LogP contribution in [-0.2, 0) is 17.6 Å². The molecule has 3 heterocycles. The third-order valence-corrected chi connectivity index (χ3v) is 6.30. The minimum atomic E-state index is -0.0550. The zero-order valence-electron chi connectivity index (χ0n) is 16.9. The zero-order chi connectivity index (χ0) is 19.8. The standard InChI is InChI=1S/C23H27N3O3/c1-2-29-20-10-16(9-18(11-20)17-4-5-17)3-6-21-24-12-19(13-25-21)22(27)26-8-7-23(26)14-28-15-23/h9-13,17H,2-8,14-15H2,1H3. The van der Waals surface area contributed by atoms with Gasteiger partial charge in [0.25, 0.3) is 5.91 Å². The summed E-state index contributed by atoms with van der Waals surface area (Å²) >= 11 is 0. The van der Waals surface area contributed by atoms with E-state index in [4.69, 9.17) is 9.47 Å². The Morgan fingerprint density at radius 1 is 1.21 bits per heavy atom. The Kier molecular flexibility index (Phi) is 4.74. The molecule has 1 spiro atoms. The molecule has 2 aliphatic heterocycles. The van der Waals surface area contributed by atoms with Crippen LogP contribution in [0.4, 0.5) is 0 Å². The van der Waals surface area contributed by atoms with Gasteiger partial charge in [-0.25, -0.2) is 9.97 Å². The van der Waals surface area contributed by atoms with Gasteiger partial charge in [0.05, 0.1) is 30.9 Å². The lowest BCUT2D eigenvalue weighted by molar-refractivity contribution is -0.172. The Morgan fingerprint density at radius 2 is 2.00 bits per heavy atom. The molecule has 2 aromatic rings. The Labute approximate surface area is 171 Å². The fourth-order valence-corrected chi connectivity index (χ4v) is 4.23. The van der Waals surface area contributed by atoms with Crippen LogP contribution in [0.15, 0.2) is 30.6 Å². The highest BCUT2D eigenvalue weighted by atomic mass is 16.5. The highest BCUT2D eigenvalue weighted by Gasteiger charge is 2.53. The molecule has 1 aromatic carbocycles. The van der Waals surface area contributed by atoms with Crippen molar-refractivity contribution in [3.63, 3.8) is 0 Å². The summed E-state index contributed by atoms with van der Waals surface area (Å²) in [5.41, 5.74) is 3.15. The van der Waals surface area contributed by atoms with Crippen LogP contribution in [0, 0.1) is 0 Å². The van der Waals surface area contributed by atoms with Crippen LogP contribution in [0.3, 0.4) is 0 Å². The van der Waals surface area contributed by atoms with Gasteiger partial charge in [0.2, 0.25) is 0 Å². The third kappa shape index (κ3) is 3.62. The number of likely N-dealkylation sites (tertiary alicyclic amines) is 1. The summed E-state index contributed by atoms with van der Waals surface area (Å²) in [7, 11) is 0. The molecule has 2 saturated heterocycles. The van der Waals surface area contributed by atoms with E-state index in [1.54, 1.807) is 12.4 Å². The molecule has 1 aromatic heterocycles. The van der Waals surface area contributed by atoms with E-state index in [1.165, 1.54) is 24.0 Å². The van der Waals surface area contributed by atoms with Crippen molar-refractivity contribution in [3.8, 4) is 5.75 Å².